The van der Waals surface area contributed by atoms with Crippen molar-refractivity contribution in [2.24, 2.45) is 7.05 Å². The number of hydrogen-bond acceptors (Lipinski definition) is 3. The van der Waals surface area contributed by atoms with Crippen molar-refractivity contribution in [3.63, 3.8) is 0 Å². The Bertz CT molecular complexity index is 608. The van der Waals surface area contributed by atoms with Crippen LogP contribution in [0, 0.1) is 6.92 Å². The molecule has 1 amide bonds. The highest BCUT2D eigenvalue weighted by atomic mass is 79.9. The van der Waals surface area contributed by atoms with E-state index in [2.05, 4.69) is 31.4 Å². The van der Waals surface area contributed by atoms with Gasteiger partial charge in [-0.25, -0.2) is 0 Å². The van der Waals surface area contributed by atoms with Gasteiger partial charge in [0.15, 0.2) is 5.82 Å². The van der Waals surface area contributed by atoms with Crippen molar-refractivity contribution in [1.29, 1.82) is 0 Å². The molecule has 1 heterocycles. The summed E-state index contributed by atoms with van der Waals surface area (Å²) in [6.07, 6.45) is 1.61. The summed E-state index contributed by atoms with van der Waals surface area (Å²) in [5.41, 5.74) is 1.71. The minimum Gasteiger partial charge on any atom is -0.342 e. The molecule has 0 spiro atoms. The number of aromatic nitrogens is 3. The lowest BCUT2D eigenvalue weighted by atomic mass is 10.1. The Hall–Kier alpha value is -1.69. The lowest BCUT2D eigenvalue weighted by Gasteiger charge is -2.13. The van der Waals surface area contributed by atoms with E-state index in [4.69, 9.17) is 0 Å². The molecule has 0 saturated carbocycles. The van der Waals surface area contributed by atoms with E-state index in [-0.39, 0.29) is 11.9 Å². The van der Waals surface area contributed by atoms with Crippen LogP contribution in [0.2, 0.25) is 0 Å². The van der Waals surface area contributed by atoms with Crippen LogP contribution in [-0.2, 0) is 7.05 Å². The van der Waals surface area contributed by atoms with Crippen molar-refractivity contribution in [3.8, 4) is 0 Å². The largest absolute Gasteiger partial charge is 0.342 e. The molecule has 0 radical (unpaired) electrons. The molecule has 0 fully saturated rings. The fourth-order valence-corrected chi connectivity index (χ4v) is 2.50. The number of halogens is 1. The van der Waals surface area contributed by atoms with E-state index >= 15 is 0 Å². The lowest BCUT2D eigenvalue weighted by molar-refractivity contribution is 0.0937. The highest BCUT2D eigenvalue weighted by Crippen LogP contribution is 2.19. The molecule has 6 heteroatoms. The molecule has 0 aliphatic carbocycles. The Kier molecular flexibility index (Phi) is 3.99. The molecule has 1 N–H and O–H groups in total. The third kappa shape index (κ3) is 3.01. The van der Waals surface area contributed by atoms with Gasteiger partial charge < -0.3 is 9.88 Å². The Labute approximate surface area is 120 Å². The summed E-state index contributed by atoms with van der Waals surface area (Å²) in [5, 5.41) is 10.7. The van der Waals surface area contributed by atoms with Gasteiger partial charge in [0.1, 0.15) is 6.33 Å². The zero-order chi connectivity index (χ0) is 14.0. The van der Waals surface area contributed by atoms with Gasteiger partial charge in [0.2, 0.25) is 0 Å². The summed E-state index contributed by atoms with van der Waals surface area (Å²) >= 11 is 3.41. The van der Waals surface area contributed by atoms with Gasteiger partial charge in [0.25, 0.3) is 5.91 Å². The first-order chi connectivity index (χ1) is 8.99. The van der Waals surface area contributed by atoms with Gasteiger partial charge in [-0.1, -0.05) is 6.07 Å². The fourth-order valence-electron chi connectivity index (χ4n) is 1.83. The second-order valence-corrected chi connectivity index (χ2v) is 5.33. The number of carbonyl (C=O) groups is 1. The fraction of sp³-hybridized carbons (Fsp3) is 0.308. The summed E-state index contributed by atoms with van der Waals surface area (Å²) < 4.78 is 2.57. The van der Waals surface area contributed by atoms with Crippen LogP contribution in [0.15, 0.2) is 29.0 Å². The molecule has 2 aromatic rings. The van der Waals surface area contributed by atoms with Crippen LogP contribution in [0.5, 0.6) is 0 Å². The van der Waals surface area contributed by atoms with Crippen LogP contribution in [0.25, 0.3) is 0 Å². The third-order valence-electron chi connectivity index (χ3n) is 2.85. The normalized spacial score (nSPS) is 12.2. The third-order valence-corrected chi connectivity index (χ3v) is 3.51. The highest BCUT2D eigenvalue weighted by Gasteiger charge is 2.16. The number of amides is 1. The SMILES string of the molecule is Cc1ccc(C(=O)NC(C)c2nncn2C)c(Br)c1. The molecule has 0 aliphatic heterocycles. The predicted molar refractivity (Wildman–Crippen MR) is 75.8 cm³/mol. The van der Waals surface area contributed by atoms with Gasteiger partial charge in [0.05, 0.1) is 11.6 Å². The second-order valence-electron chi connectivity index (χ2n) is 4.48. The molecule has 19 heavy (non-hydrogen) atoms. The van der Waals surface area contributed by atoms with E-state index in [1.807, 2.05) is 33.0 Å². The maximum Gasteiger partial charge on any atom is 0.253 e. The van der Waals surface area contributed by atoms with E-state index in [1.54, 1.807) is 17.0 Å². The molecule has 0 aliphatic rings. The first-order valence-corrected chi connectivity index (χ1v) is 6.69. The first-order valence-electron chi connectivity index (χ1n) is 5.90. The molecule has 1 unspecified atom stereocenters. The van der Waals surface area contributed by atoms with Crippen molar-refractivity contribution in [3.05, 3.63) is 46.0 Å². The van der Waals surface area contributed by atoms with E-state index in [1.165, 1.54) is 0 Å². The van der Waals surface area contributed by atoms with Gasteiger partial charge in [-0.2, -0.15) is 0 Å². The van der Waals surface area contributed by atoms with Crippen LogP contribution in [0.1, 0.15) is 34.7 Å². The molecule has 1 aromatic heterocycles. The Morgan fingerprint density at radius 1 is 1.47 bits per heavy atom. The van der Waals surface area contributed by atoms with Gasteiger partial charge in [-0.3, -0.25) is 4.79 Å². The van der Waals surface area contributed by atoms with Crippen molar-refractivity contribution in [2.45, 2.75) is 19.9 Å². The molecule has 100 valence electrons. The summed E-state index contributed by atoms with van der Waals surface area (Å²) in [7, 11) is 1.85. The van der Waals surface area contributed by atoms with Crippen molar-refractivity contribution < 1.29 is 4.79 Å². The average molecular weight is 323 g/mol. The van der Waals surface area contributed by atoms with E-state index < -0.39 is 0 Å². The number of rotatable bonds is 3. The second kappa shape index (κ2) is 5.52. The lowest BCUT2D eigenvalue weighted by Crippen LogP contribution is -2.28. The number of carbonyl (C=O) groups excluding carboxylic acids is 1. The summed E-state index contributed by atoms with van der Waals surface area (Å²) in [6, 6.07) is 5.43. The summed E-state index contributed by atoms with van der Waals surface area (Å²) in [4.78, 5) is 12.2. The molecule has 0 bridgehead atoms. The molecule has 2 rings (SSSR count). The smallest absolute Gasteiger partial charge is 0.253 e. The van der Waals surface area contributed by atoms with Gasteiger partial charge >= 0.3 is 0 Å². The standard InChI is InChI=1S/C13H15BrN4O/c1-8-4-5-10(11(14)6-8)13(19)16-9(2)12-17-15-7-18(12)3/h4-7,9H,1-3H3,(H,16,19). The van der Waals surface area contributed by atoms with Crippen LogP contribution >= 0.6 is 15.9 Å². The topological polar surface area (TPSA) is 59.8 Å². The van der Waals surface area contributed by atoms with Crippen LogP contribution in [-0.4, -0.2) is 20.7 Å². The number of aryl methyl sites for hydroxylation is 2. The number of hydrogen-bond donors (Lipinski definition) is 1. The predicted octanol–water partition coefficient (Wildman–Crippen LogP) is 2.38. The first kappa shape index (κ1) is 13.7. The maximum absolute atomic E-state index is 12.2. The highest BCUT2D eigenvalue weighted by molar-refractivity contribution is 9.10. The number of benzene rings is 1. The molecule has 1 aromatic carbocycles. The van der Waals surface area contributed by atoms with E-state index in [9.17, 15) is 4.79 Å². The summed E-state index contributed by atoms with van der Waals surface area (Å²) in [5.74, 6) is 0.582. The zero-order valence-corrected chi connectivity index (χ0v) is 12.6. The minimum atomic E-state index is -0.201. The van der Waals surface area contributed by atoms with Gasteiger partial charge in [-0.05, 0) is 47.5 Å². The van der Waals surface area contributed by atoms with Gasteiger partial charge in [-0.15, -0.1) is 10.2 Å². The maximum atomic E-state index is 12.2. The number of nitrogens with one attached hydrogen (secondary N) is 1. The minimum absolute atomic E-state index is 0.137. The van der Waals surface area contributed by atoms with Crippen LogP contribution < -0.4 is 5.32 Å². The Morgan fingerprint density at radius 3 is 2.79 bits per heavy atom. The van der Waals surface area contributed by atoms with Crippen molar-refractivity contribution in [1.82, 2.24) is 20.1 Å². The Morgan fingerprint density at radius 2 is 2.21 bits per heavy atom. The zero-order valence-electron chi connectivity index (χ0n) is 11.0. The molecule has 5 nitrogen and oxygen atoms in total. The molecular formula is C13H15BrN4O. The van der Waals surface area contributed by atoms with Gasteiger partial charge in [0, 0.05) is 11.5 Å². The Balaban J connectivity index is 2.15. The monoisotopic (exact) mass is 322 g/mol. The molecule has 0 saturated heterocycles. The van der Waals surface area contributed by atoms with E-state index in [0.717, 1.165) is 15.9 Å². The average Bonchev–Trinajstić information content (AvgIpc) is 2.75. The summed E-state index contributed by atoms with van der Waals surface area (Å²) in [6.45, 7) is 3.86. The quantitative estimate of drug-likeness (QED) is 0.943. The number of nitrogens with zero attached hydrogens (tertiary/aromatic N) is 3. The van der Waals surface area contributed by atoms with Crippen molar-refractivity contribution >= 4 is 21.8 Å². The van der Waals surface area contributed by atoms with Crippen LogP contribution in [0.4, 0.5) is 0 Å². The van der Waals surface area contributed by atoms with Crippen LogP contribution in [0.3, 0.4) is 0 Å². The van der Waals surface area contributed by atoms with Crippen molar-refractivity contribution in [2.75, 3.05) is 0 Å². The van der Waals surface area contributed by atoms with E-state index in [0.29, 0.717) is 5.56 Å². The molecular weight excluding hydrogens is 308 g/mol. The molecule has 1 atom stereocenters.